The summed E-state index contributed by atoms with van der Waals surface area (Å²) < 4.78 is 0. The summed E-state index contributed by atoms with van der Waals surface area (Å²) in [6.07, 6.45) is 0.189. The van der Waals surface area contributed by atoms with Crippen LogP contribution in [0.3, 0.4) is 0 Å². The highest BCUT2D eigenvalue weighted by Crippen LogP contribution is 2.15. The zero-order valence-electron chi connectivity index (χ0n) is 13.8. The van der Waals surface area contributed by atoms with Gasteiger partial charge in [0.05, 0.1) is 17.4 Å². The van der Waals surface area contributed by atoms with Gasteiger partial charge in [-0.15, -0.1) is 0 Å². The van der Waals surface area contributed by atoms with Gasteiger partial charge in [-0.25, -0.2) is 0 Å². The Labute approximate surface area is 141 Å². The molecule has 2 rings (SSSR count). The van der Waals surface area contributed by atoms with E-state index in [4.69, 9.17) is 0 Å². The molecule has 0 bridgehead atoms. The molecule has 2 aromatic carbocycles. The monoisotopic (exact) mass is 327 g/mol. The lowest BCUT2D eigenvalue weighted by Gasteiger charge is -2.23. The lowest BCUT2D eigenvalue weighted by atomic mass is 10.1. The number of nitro benzene ring substituents is 1. The zero-order valence-corrected chi connectivity index (χ0v) is 13.8. The highest BCUT2D eigenvalue weighted by molar-refractivity contribution is 5.79. The number of nitrogens with zero attached hydrogens (tertiary/aromatic N) is 2. The fraction of sp³-hybridized carbons (Fsp3) is 0.278. The summed E-state index contributed by atoms with van der Waals surface area (Å²) in [5.41, 5.74) is 1.81. The van der Waals surface area contributed by atoms with Crippen LogP contribution in [0.4, 0.5) is 5.69 Å². The second kappa shape index (κ2) is 8.21. The summed E-state index contributed by atoms with van der Waals surface area (Å²) in [7, 11) is 3.91. The molecular weight excluding hydrogens is 306 g/mol. The number of carbonyl (C=O) groups is 1. The molecule has 0 spiro atoms. The van der Waals surface area contributed by atoms with Gasteiger partial charge in [-0.3, -0.25) is 14.9 Å². The summed E-state index contributed by atoms with van der Waals surface area (Å²) in [6, 6.07) is 15.7. The van der Waals surface area contributed by atoms with Crippen LogP contribution in [-0.2, 0) is 11.2 Å². The van der Waals surface area contributed by atoms with Crippen LogP contribution in [0.15, 0.2) is 54.6 Å². The van der Waals surface area contributed by atoms with Gasteiger partial charge in [0.15, 0.2) is 0 Å². The molecule has 0 saturated carbocycles. The van der Waals surface area contributed by atoms with E-state index in [0.29, 0.717) is 6.54 Å². The Hall–Kier alpha value is -2.73. The number of hydrogen-bond donors (Lipinski definition) is 1. The third-order valence-electron chi connectivity index (χ3n) is 3.60. The number of amides is 1. The second-order valence-electron chi connectivity index (χ2n) is 5.89. The average Bonchev–Trinajstić information content (AvgIpc) is 2.55. The normalized spacial score (nSPS) is 12.0. The fourth-order valence-corrected chi connectivity index (χ4v) is 2.45. The number of benzene rings is 2. The maximum absolute atomic E-state index is 12.3. The maximum atomic E-state index is 12.3. The Kier molecular flexibility index (Phi) is 6.03. The molecule has 0 aliphatic rings. The van der Waals surface area contributed by atoms with Crippen LogP contribution in [0.2, 0.25) is 0 Å². The Morgan fingerprint density at radius 3 is 2.29 bits per heavy atom. The maximum Gasteiger partial charge on any atom is 0.269 e. The van der Waals surface area contributed by atoms with E-state index in [-0.39, 0.29) is 24.1 Å². The van der Waals surface area contributed by atoms with Gasteiger partial charge in [0.2, 0.25) is 5.91 Å². The molecule has 0 fully saturated rings. The highest BCUT2D eigenvalue weighted by Gasteiger charge is 2.16. The number of non-ortho nitro benzene ring substituents is 1. The predicted molar refractivity (Wildman–Crippen MR) is 92.7 cm³/mol. The van der Waals surface area contributed by atoms with E-state index in [9.17, 15) is 14.9 Å². The molecule has 0 aliphatic carbocycles. The van der Waals surface area contributed by atoms with E-state index < -0.39 is 4.92 Å². The van der Waals surface area contributed by atoms with Gasteiger partial charge >= 0.3 is 0 Å². The first-order valence-corrected chi connectivity index (χ1v) is 7.68. The summed E-state index contributed by atoms with van der Waals surface area (Å²) >= 11 is 0. The van der Waals surface area contributed by atoms with Crippen molar-refractivity contribution in [1.29, 1.82) is 0 Å². The standard InChI is InChI=1S/C18H21N3O3/c1-20(2)13-17(15-6-4-3-5-7-15)19-18(22)12-14-8-10-16(11-9-14)21(23)24/h3-11,17H,12-13H2,1-2H3,(H,19,22)/t17-/m1/s1. The van der Waals surface area contributed by atoms with Gasteiger partial charge in [0.1, 0.15) is 0 Å². The number of likely N-dealkylation sites (N-methyl/N-ethyl adjacent to an activating group) is 1. The van der Waals surface area contributed by atoms with Crippen molar-refractivity contribution in [2.75, 3.05) is 20.6 Å². The molecule has 1 amide bonds. The van der Waals surface area contributed by atoms with Gasteiger partial charge < -0.3 is 10.2 Å². The summed E-state index contributed by atoms with van der Waals surface area (Å²) in [5.74, 6) is -0.112. The third kappa shape index (κ3) is 5.17. The molecule has 0 aromatic heterocycles. The van der Waals surface area contributed by atoms with Crippen LogP contribution in [0.25, 0.3) is 0 Å². The van der Waals surface area contributed by atoms with E-state index in [2.05, 4.69) is 5.32 Å². The molecule has 0 unspecified atom stereocenters. The topological polar surface area (TPSA) is 75.5 Å². The first-order chi connectivity index (χ1) is 11.5. The number of nitrogens with one attached hydrogen (secondary N) is 1. The number of nitro groups is 1. The van der Waals surface area contributed by atoms with Crippen molar-refractivity contribution in [1.82, 2.24) is 10.2 Å². The Balaban J connectivity index is 2.03. The molecule has 6 heteroatoms. The summed E-state index contributed by atoms with van der Waals surface area (Å²) in [5, 5.41) is 13.7. The molecule has 1 atom stereocenters. The molecule has 0 saturated heterocycles. The van der Waals surface area contributed by atoms with Crippen molar-refractivity contribution < 1.29 is 9.72 Å². The molecule has 24 heavy (non-hydrogen) atoms. The van der Waals surface area contributed by atoms with E-state index in [1.165, 1.54) is 12.1 Å². The first-order valence-electron chi connectivity index (χ1n) is 7.68. The van der Waals surface area contributed by atoms with Gasteiger partial charge in [-0.1, -0.05) is 42.5 Å². The summed E-state index contributed by atoms with van der Waals surface area (Å²) in [6.45, 7) is 0.690. The predicted octanol–water partition coefficient (Wildman–Crippen LogP) is 2.56. The van der Waals surface area contributed by atoms with Gasteiger partial charge in [-0.2, -0.15) is 0 Å². The van der Waals surface area contributed by atoms with Crippen LogP contribution in [0, 0.1) is 10.1 Å². The number of carbonyl (C=O) groups excluding carboxylic acids is 1. The molecule has 0 heterocycles. The zero-order chi connectivity index (χ0) is 17.5. The second-order valence-corrected chi connectivity index (χ2v) is 5.89. The van der Waals surface area contributed by atoms with Crippen molar-refractivity contribution in [2.24, 2.45) is 0 Å². The number of hydrogen-bond acceptors (Lipinski definition) is 4. The minimum absolute atomic E-state index is 0.0222. The summed E-state index contributed by atoms with van der Waals surface area (Å²) in [4.78, 5) is 24.6. The molecule has 2 aromatic rings. The molecular formula is C18H21N3O3. The van der Waals surface area contributed by atoms with Crippen LogP contribution in [0.1, 0.15) is 17.2 Å². The molecule has 126 valence electrons. The molecule has 6 nitrogen and oxygen atoms in total. The molecule has 0 radical (unpaired) electrons. The molecule has 0 aliphatic heterocycles. The Morgan fingerprint density at radius 2 is 1.75 bits per heavy atom. The third-order valence-corrected chi connectivity index (χ3v) is 3.60. The lowest BCUT2D eigenvalue weighted by molar-refractivity contribution is -0.384. The Morgan fingerprint density at radius 1 is 1.12 bits per heavy atom. The minimum atomic E-state index is -0.452. The molecule has 1 N–H and O–H groups in total. The first kappa shape index (κ1) is 17.6. The van der Waals surface area contributed by atoms with Gasteiger partial charge in [0, 0.05) is 18.7 Å². The highest BCUT2D eigenvalue weighted by atomic mass is 16.6. The van der Waals surface area contributed by atoms with Crippen molar-refractivity contribution in [3.8, 4) is 0 Å². The van der Waals surface area contributed by atoms with E-state index >= 15 is 0 Å². The SMILES string of the molecule is CN(C)C[C@@H](NC(=O)Cc1ccc([N+](=O)[O-])cc1)c1ccccc1. The van der Waals surface area contributed by atoms with Gasteiger partial charge in [0.25, 0.3) is 5.69 Å². The largest absolute Gasteiger partial charge is 0.348 e. The minimum Gasteiger partial charge on any atom is -0.348 e. The van der Waals surface area contributed by atoms with E-state index in [1.807, 2.05) is 49.3 Å². The number of rotatable bonds is 7. The average molecular weight is 327 g/mol. The van der Waals surface area contributed by atoms with Crippen LogP contribution in [-0.4, -0.2) is 36.4 Å². The fourth-order valence-electron chi connectivity index (χ4n) is 2.45. The van der Waals surface area contributed by atoms with E-state index in [1.54, 1.807) is 12.1 Å². The van der Waals surface area contributed by atoms with Crippen molar-refractivity contribution in [3.05, 3.63) is 75.8 Å². The quantitative estimate of drug-likeness (QED) is 0.626. The van der Waals surface area contributed by atoms with Crippen LogP contribution in [0.5, 0.6) is 0 Å². The van der Waals surface area contributed by atoms with Crippen molar-refractivity contribution in [3.63, 3.8) is 0 Å². The van der Waals surface area contributed by atoms with Gasteiger partial charge in [-0.05, 0) is 25.2 Å². The lowest BCUT2D eigenvalue weighted by Crippen LogP contribution is -2.36. The van der Waals surface area contributed by atoms with Crippen molar-refractivity contribution >= 4 is 11.6 Å². The smallest absolute Gasteiger partial charge is 0.269 e. The van der Waals surface area contributed by atoms with Crippen molar-refractivity contribution in [2.45, 2.75) is 12.5 Å². The van der Waals surface area contributed by atoms with Crippen LogP contribution < -0.4 is 5.32 Å². The van der Waals surface area contributed by atoms with Crippen LogP contribution >= 0.6 is 0 Å². The Bertz CT molecular complexity index is 684. The van der Waals surface area contributed by atoms with E-state index in [0.717, 1.165) is 11.1 Å².